The zero-order chi connectivity index (χ0) is 14.4. The van der Waals surface area contributed by atoms with Gasteiger partial charge in [0.2, 0.25) is 0 Å². The van der Waals surface area contributed by atoms with Crippen LogP contribution in [0.15, 0.2) is 24.3 Å². The van der Waals surface area contributed by atoms with Gasteiger partial charge in [-0.1, -0.05) is 17.7 Å². The number of benzene rings is 1. The lowest BCUT2D eigenvalue weighted by molar-refractivity contribution is 0.238. The maximum atomic E-state index is 11.7. The van der Waals surface area contributed by atoms with Gasteiger partial charge in [-0.2, -0.15) is 0 Å². The third-order valence-corrected chi connectivity index (χ3v) is 3.93. The highest BCUT2D eigenvalue weighted by Gasteiger charge is 2.17. The quantitative estimate of drug-likeness (QED) is 0.875. The summed E-state index contributed by atoms with van der Waals surface area (Å²) in [6.07, 6.45) is 3.57. The molecule has 1 aliphatic rings. The van der Waals surface area contributed by atoms with E-state index in [1.165, 1.54) is 25.9 Å². The van der Waals surface area contributed by atoms with E-state index in [0.29, 0.717) is 23.3 Å². The standard InChI is InChI=1S/C15H22ClN3O/c1-12(19-9-2-3-10-19)7-8-17-15(20)18-14-6-4-5-13(16)11-14/h4-6,11-12H,2-3,7-10H2,1H3,(H2,17,18,20). The Morgan fingerprint density at radius 2 is 2.15 bits per heavy atom. The lowest BCUT2D eigenvalue weighted by Gasteiger charge is -2.23. The number of amides is 2. The largest absolute Gasteiger partial charge is 0.338 e. The van der Waals surface area contributed by atoms with Crippen LogP contribution in [0.1, 0.15) is 26.2 Å². The number of nitrogens with zero attached hydrogens (tertiary/aromatic N) is 1. The van der Waals surface area contributed by atoms with Gasteiger partial charge in [0.15, 0.2) is 0 Å². The number of urea groups is 1. The highest BCUT2D eigenvalue weighted by molar-refractivity contribution is 6.30. The van der Waals surface area contributed by atoms with Crippen LogP contribution in [0.5, 0.6) is 0 Å². The number of hydrogen-bond acceptors (Lipinski definition) is 2. The topological polar surface area (TPSA) is 44.4 Å². The fourth-order valence-electron chi connectivity index (χ4n) is 2.50. The first-order chi connectivity index (χ1) is 9.65. The molecule has 110 valence electrons. The third-order valence-electron chi connectivity index (χ3n) is 3.69. The Labute approximate surface area is 125 Å². The van der Waals surface area contributed by atoms with Gasteiger partial charge in [-0.3, -0.25) is 0 Å². The Morgan fingerprint density at radius 1 is 1.40 bits per heavy atom. The number of likely N-dealkylation sites (tertiary alicyclic amines) is 1. The molecule has 1 saturated heterocycles. The summed E-state index contributed by atoms with van der Waals surface area (Å²) in [7, 11) is 0. The van der Waals surface area contributed by atoms with E-state index in [1.807, 2.05) is 12.1 Å². The number of hydrogen-bond donors (Lipinski definition) is 2. The number of halogens is 1. The van der Waals surface area contributed by atoms with Crippen molar-refractivity contribution in [3.63, 3.8) is 0 Å². The molecule has 1 atom stereocenters. The van der Waals surface area contributed by atoms with Crippen LogP contribution in [0.25, 0.3) is 0 Å². The highest BCUT2D eigenvalue weighted by Crippen LogP contribution is 2.15. The van der Waals surface area contributed by atoms with E-state index in [4.69, 9.17) is 11.6 Å². The molecule has 1 fully saturated rings. The molecule has 0 spiro atoms. The lowest BCUT2D eigenvalue weighted by Crippen LogP contribution is -2.36. The van der Waals surface area contributed by atoms with Crippen molar-refractivity contribution >= 4 is 23.3 Å². The van der Waals surface area contributed by atoms with Crippen molar-refractivity contribution in [3.05, 3.63) is 29.3 Å². The molecule has 1 aromatic rings. The Bertz CT molecular complexity index is 446. The molecule has 0 bridgehead atoms. The maximum absolute atomic E-state index is 11.7. The lowest BCUT2D eigenvalue weighted by atomic mass is 10.2. The molecule has 2 rings (SSSR count). The average Bonchev–Trinajstić information content (AvgIpc) is 2.92. The van der Waals surface area contributed by atoms with Gasteiger partial charge in [-0.05, 0) is 57.5 Å². The minimum atomic E-state index is -0.180. The zero-order valence-corrected chi connectivity index (χ0v) is 12.6. The van der Waals surface area contributed by atoms with E-state index in [0.717, 1.165) is 6.42 Å². The van der Waals surface area contributed by atoms with E-state index < -0.39 is 0 Å². The predicted molar refractivity (Wildman–Crippen MR) is 83.4 cm³/mol. The zero-order valence-electron chi connectivity index (χ0n) is 11.9. The normalized spacial score (nSPS) is 16.9. The van der Waals surface area contributed by atoms with Gasteiger partial charge in [0.25, 0.3) is 0 Å². The summed E-state index contributed by atoms with van der Waals surface area (Å²) in [6.45, 7) is 5.29. The summed E-state index contributed by atoms with van der Waals surface area (Å²) in [4.78, 5) is 14.2. The molecule has 0 radical (unpaired) electrons. The summed E-state index contributed by atoms with van der Waals surface area (Å²) in [6, 6.07) is 7.49. The van der Waals surface area contributed by atoms with Crippen molar-refractivity contribution in [1.82, 2.24) is 10.2 Å². The fraction of sp³-hybridized carbons (Fsp3) is 0.533. The van der Waals surface area contributed by atoms with Gasteiger partial charge in [-0.15, -0.1) is 0 Å². The molecular weight excluding hydrogens is 274 g/mol. The molecule has 1 aromatic carbocycles. The van der Waals surface area contributed by atoms with Crippen LogP contribution in [0.4, 0.5) is 10.5 Å². The molecule has 20 heavy (non-hydrogen) atoms. The van der Waals surface area contributed by atoms with E-state index in [-0.39, 0.29) is 6.03 Å². The van der Waals surface area contributed by atoms with Gasteiger partial charge in [0, 0.05) is 23.3 Å². The Balaban J connectivity index is 1.67. The van der Waals surface area contributed by atoms with Gasteiger partial charge >= 0.3 is 6.03 Å². The SMILES string of the molecule is CC(CCNC(=O)Nc1cccc(Cl)c1)N1CCCC1. The van der Waals surface area contributed by atoms with E-state index in [1.54, 1.807) is 12.1 Å². The molecule has 1 aliphatic heterocycles. The van der Waals surface area contributed by atoms with Crippen molar-refractivity contribution < 1.29 is 4.79 Å². The van der Waals surface area contributed by atoms with Crippen LogP contribution < -0.4 is 10.6 Å². The molecule has 0 saturated carbocycles. The van der Waals surface area contributed by atoms with Crippen LogP contribution in [0, 0.1) is 0 Å². The molecule has 0 aromatic heterocycles. The van der Waals surface area contributed by atoms with E-state index >= 15 is 0 Å². The van der Waals surface area contributed by atoms with Crippen LogP contribution in [-0.4, -0.2) is 36.6 Å². The smallest absolute Gasteiger partial charge is 0.319 e. The van der Waals surface area contributed by atoms with Crippen LogP contribution in [-0.2, 0) is 0 Å². The molecule has 2 N–H and O–H groups in total. The summed E-state index contributed by atoms with van der Waals surface area (Å²) in [5.74, 6) is 0. The Kier molecular flexibility index (Phi) is 5.68. The minimum absolute atomic E-state index is 0.180. The number of carbonyl (C=O) groups is 1. The van der Waals surface area contributed by atoms with Gasteiger partial charge in [0.05, 0.1) is 0 Å². The molecule has 4 nitrogen and oxygen atoms in total. The Morgan fingerprint density at radius 3 is 2.85 bits per heavy atom. The van der Waals surface area contributed by atoms with E-state index in [2.05, 4.69) is 22.5 Å². The van der Waals surface area contributed by atoms with Gasteiger partial charge in [-0.25, -0.2) is 4.79 Å². The second kappa shape index (κ2) is 7.50. The van der Waals surface area contributed by atoms with Crippen LogP contribution in [0.3, 0.4) is 0 Å². The summed E-state index contributed by atoms with van der Waals surface area (Å²) in [5.41, 5.74) is 0.711. The van der Waals surface area contributed by atoms with Crippen molar-refractivity contribution in [2.45, 2.75) is 32.2 Å². The molecule has 2 amide bonds. The minimum Gasteiger partial charge on any atom is -0.338 e. The number of rotatable bonds is 5. The fourth-order valence-corrected chi connectivity index (χ4v) is 2.69. The first kappa shape index (κ1) is 15.1. The summed E-state index contributed by atoms with van der Waals surface area (Å²) in [5, 5.41) is 6.28. The predicted octanol–water partition coefficient (Wildman–Crippen LogP) is 3.34. The number of carbonyl (C=O) groups excluding carboxylic acids is 1. The second-order valence-electron chi connectivity index (χ2n) is 5.27. The van der Waals surface area contributed by atoms with Crippen LogP contribution >= 0.6 is 11.6 Å². The molecule has 5 heteroatoms. The van der Waals surface area contributed by atoms with Crippen molar-refractivity contribution in [2.24, 2.45) is 0 Å². The van der Waals surface area contributed by atoms with Crippen molar-refractivity contribution in [2.75, 3.05) is 25.0 Å². The molecular formula is C15H22ClN3O. The Hall–Kier alpha value is -1.26. The second-order valence-corrected chi connectivity index (χ2v) is 5.71. The first-order valence-corrected chi connectivity index (χ1v) is 7.57. The number of anilines is 1. The summed E-state index contributed by atoms with van der Waals surface area (Å²) < 4.78 is 0. The van der Waals surface area contributed by atoms with Gasteiger partial charge < -0.3 is 15.5 Å². The molecule has 1 heterocycles. The van der Waals surface area contributed by atoms with Gasteiger partial charge in [0.1, 0.15) is 0 Å². The van der Waals surface area contributed by atoms with Crippen molar-refractivity contribution in [3.8, 4) is 0 Å². The third kappa shape index (κ3) is 4.69. The molecule has 0 aliphatic carbocycles. The van der Waals surface area contributed by atoms with E-state index in [9.17, 15) is 4.79 Å². The molecule has 1 unspecified atom stereocenters. The van der Waals surface area contributed by atoms with Crippen LogP contribution in [0.2, 0.25) is 5.02 Å². The highest BCUT2D eigenvalue weighted by atomic mass is 35.5. The first-order valence-electron chi connectivity index (χ1n) is 7.19. The maximum Gasteiger partial charge on any atom is 0.319 e. The monoisotopic (exact) mass is 295 g/mol. The number of nitrogens with one attached hydrogen (secondary N) is 2. The summed E-state index contributed by atoms with van der Waals surface area (Å²) >= 11 is 5.87. The van der Waals surface area contributed by atoms with Crippen molar-refractivity contribution in [1.29, 1.82) is 0 Å². The average molecular weight is 296 g/mol.